The van der Waals surface area contributed by atoms with Gasteiger partial charge in [-0.25, -0.2) is 14.8 Å². The maximum absolute atomic E-state index is 12.3. The number of hydrogen-bond donors (Lipinski definition) is 2. The summed E-state index contributed by atoms with van der Waals surface area (Å²) in [6, 6.07) is 3.43. The Morgan fingerprint density at radius 3 is 2.79 bits per heavy atom. The van der Waals surface area contributed by atoms with E-state index in [-0.39, 0.29) is 17.5 Å². The van der Waals surface area contributed by atoms with Crippen molar-refractivity contribution >= 4 is 6.03 Å². The Morgan fingerprint density at radius 1 is 1.38 bits per heavy atom. The minimum absolute atomic E-state index is 0.0394. The van der Waals surface area contributed by atoms with Gasteiger partial charge in [0.2, 0.25) is 5.88 Å². The topological polar surface area (TPSA) is 81.1 Å². The van der Waals surface area contributed by atoms with Crippen LogP contribution in [0.4, 0.5) is 4.79 Å². The van der Waals surface area contributed by atoms with E-state index in [0.717, 1.165) is 5.56 Å². The van der Waals surface area contributed by atoms with E-state index in [1.54, 1.807) is 25.8 Å². The van der Waals surface area contributed by atoms with Crippen LogP contribution < -0.4 is 15.4 Å². The zero-order valence-corrected chi connectivity index (χ0v) is 14.6. The first-order valence-electron chi connectivity index (χ1n) is 7.88. The predicted molar refractivity (Wildman–Crippen MR) is 91.6 cm³/mol. The SMILES string of the molecule is COc1ncccc1CNC(=O)N[C@H](Cn1ccnc1)C(C)(C)C. The largest absolute Gasteiger partial charge is 0.481 e. The van der Waals surface area contributed by atoms with Gasteiger partial charge in [0, 0.05) is 37.2 Å². The summed E-state index contributed by atoms with van der Waals surface area (Å²) in [5, 5.41) is 5.90. The minimum atomic E-state index is -0.221. The van der Waals surface area contributed by atoms with Crippen LogP contribution in [0.2, 0.25) is 0 Å². The van der Waals surface area contributed by atoms with Crippen molar-refractivity contribution in [3.8, 4) is 5.88 Å². The van der Waals surface area contributed by atoms with E-state index in [9.17, 15) is 4.79 Å². The fourth-order valence-electron chi connectivity index (χ4n) is 2.27. The first-order chi connectivity index (χ1) is 11.4. The quantitative estimate of drug-likeness (QED) is 0.850. The summed E-state index contributed by atoms with van der Waals surface area (Å²) in [7, 11) is 1.56. The Labute approximate surface area is 142 Å². The van der Waals surface area contributed by atoms with E-state index < -0.39 is 0 Å². The first kappa shape index (κ1) is 17.8. The lowest BCUT2D eigenvalue weighted by Gasteiger charge is -2.31. The number of imidazole rings is 1. The zero-order valence-electron chi connectivity index (χ0n) is 14.6. The molecule has 0 bridgehead atoms. The van der Waals surface area contributed by atoms with Crippen LogP contribution in [0.3, 0.4) is 0 Å². The molecule has 24 heavy (non-hydrogen) atoms. The van der Waals surface area contributed by atoms with Crippen LogP contribution in [0.5, 0.6) is 5.88 Å². The molecule has 0 aliphatic heterocycles. The van der Waals surface area contributed by atoms with Gasteiger partial charge >= 0.3 is 6.03 Å². The van der Waals surface area contributed by atoms with E-state index in [0.29, 0.717) is 19.0 Å². The summed E-state index contributed by atoms with van der Waals surface area (Å²) in [4.78, 5) is 20.5. The van der Waals surface area contributed by atoms with Crippen LogP contribution >= 0.6 is 0 Å². The molecular formula is C17H25N5O2. The Kier molecular flexibility index (Phi) is 5.78. The number of hydrogen-bond acceptors (Lipinski definition) is 4. The summed E-state index contributed by atoms with van der Waals surface area (Å²) < 4.78 is 7.15. The summed E-state index contributed by atoms with van der Waals surface area (Å²) in [5.41, 5.74) is 0.741. The van der Waals surface area contributed by atoms with Crippen LogP contribution in [0.15, 0.2) is 37.1 Å². The molecule has 2 heterocycles. The number of methoxy groups -OCH3 is 1. The minimum Gasteiger partial charge on any atom is -0.481 e. The zero-order chi connectivity index (χ0) is 17.6. The first-order valence-corrected chi connectivity index (χ1v) is 7.88. The van der Waals surface area contributed by atoms with Crippen molar-refractivity contribution in [1.82, 2.24) is 25.2 Å². The van der Waals surface area contributed by atoms with Gasteiger partial charge in [-0.1, -0.05) is 26.8 Å². The monoisotopic (exact) mass is 331 g/mol. The number of carbonyl (C=O) groups is 1. The number of nitrogens with one attached hydrogen (secondary N) is 2. The van der Waals surface area contributed by atoms with E-state index in [1.165, 1.54) is 0 Å². The van der Waals surface area contributed by atoms with Crippen molar-refractivity contribution in [3.05, 3.63) is 42.6 Å². The number of nitrogens with zero attached hydrogens (tertiary/aromatic N) is 3. The average molecular weight is 331 g/mol. The van der Waals surface area contributed by atoms with Crippen LogP contribution in [0.25, 0.3) is 0 Å². The van der Waals surface area contributed by atoms with E-state index in [1.807, 2.05) is 22.9 Å². The highest BCUT2D eigenvalue weighted by atomic mass is 16.5. The predicted octanol–water partition coefficient (Wildman–Crippen LogP) is 2.20. The summed E-state index contributed by atoms with van der Waals surface area (Å²) in [5.74, 6) is 0.517. The van der Waals surface area contributed by atoms with Crippen molar-refractivity contribution in [2.24, 2.45) is 5.41 Å². The lowest BCUT2D eigenvalue weighted by atomic mass is 9.86. The third kappa shape index (κ3) is 4.97. The van der Waals surface area contributed by atoms with Gasteiger partial charge in [0.25, 0.3) is 0 Å². The molecule has 2 aromatic heterocycles. The number of aromatic nitrogens is 3. The molecule has 1 atom stereocenters. The third-order valence-corrected chi connectivity index (χ3v) is 3.79. The Bertz CT molecular complexity index is 649. The van der Waals surface area contributed by atoms with Crippen molar-refractivity contribution < 1.29 is 9.53 Å². The summed E-state index contributed by atoms with van der Waals surface area (Å²) in [6.07, 6.45) is 7.02. The van der Waals surface area contributed by atoms with Crippen LogP contribution in [0.1, 0.15) is 26.3 Å². The van der Waals surface area contributed by atoms with Crippen LogP contribution in [-0.4, -0.2) is 33.7 Å². The molecular weight excluding hydrogens is 306 g/mol. The normalized spacial score (nSPS) is 12.5. The van der Waals surface area contributed by atoms with Gasteiger partial charge in [-0.2, -0.15) is 0 Å². The van der Waals surface area contributed by atoms with E-state index in [2.05, 4.69) is 41.4 Å². The highest BCUT2D eigenvalue weighted by Gasteiger charge is 2.26. The molecule has 2 amide bonds. The van der Waals surface area contributed by atoms with Crippen LogP contribution in [-0.2, 0) is 13.1 Å². The Morgan fingerprint density at radius 2 is 2.17 bits per heavy atom. The fourth-order valence-corrected chi connectivity index (χ4v) is 2.27. The van der Waals surface area contributed by atoms with Gasteiger partial charge in [0.05, 0.1) is 19.5 Å². The third-order valence-electron chi connectivity index (χ3n) is 3.79. The van der Waals surface area contributed by atoms with Gasteiger partial charge in [0.15, 0.2) is 0 Å². The van der Waals surface area contributed by atoms with Crippen molar-refractivity contribution in [1.29, 1.82) is 0 Å². The lowest BCUT2D eigenvalue weighted by molar-refractivity contribution is 0.209. The second-order valence-corrected chi connectivity index (χ2v) is 6.68. The molecule has 7 nitrogen and oxygen atoms in total. The van der Waals surface area contributed by atoms with Gasteiger partial charge in [-0.05, 0) is 11.5 Å². The molecule has 7 heteroatoms. The van der Waals surface area contributed by atoms with Gasteiger partial charge in [0.1, 0.15) is 0 Å². The molecule has 0 aliphatic rings. The van der Waals surface area contributed by atoms with E-state index in [4.69, 9.17) is 4.74 Å². The van der Waals surface area contributed by atoms with Crippen LogP contribution in [0, 0.1) is 5.41 Å². The van der Waals surface area contributed by atoms with Crippen molar-refractivity contribution in [2.45, 2.75) is 39.9 Å². The molecule has 2 N–H and O–H groups in total. The van der Waals surface area contributed by atoms with Gasteiger partial charge < -0.3 is 19.9 Å². The molecule has 0 fully saturated rings. The number of pyridine rings is 1. The second kappa shape index (κ2) is 7.81. The molecule has 0 radical (unpaired) electrons. The molecule has 0 saturated heterocycles. The van der Waals surface area contributed by atoms with Crippen molar-refractivity contribution in [3.63, 3.8) is 0 Å². The number of amides is 2. The number of rotatable bonds is 6. The smallest absolute Gasteiger partial charge is 0.315 e. The molecule has 0 aliphatic carbocycles. The molecule has 2 rings (SSSR count). The average Bonchev–Trinajstić information content (AvgIpc) is 3.05. The van der Waals surface area contributed by atoms with Gasteiger partial charge in [-0.15, -0.1) is 0 Å². The lowest BCUT2D eigenvalue weighted by Crippen LogP contribution is -2.49. The molecule has 130 valence electrons. The van der Waals surface area contributed by atoms with Crippen molar-refractivity contribution in [2.75, 3.05) is 7.11 Å². The molecule has 0 saturated carbocycles. The van der Waals surface area contributed by atoms with E-state index >= 15 is 0 Å². The maximum atomic E-state index is 12.3. The standard InChI is InChI=1S/C17H25N5O2/c1-17(2,3)14(11-22-9-8-18-12-22)21-16(23)20-10-13-6-5-7-19-15(13)24-4/h5-9,12,14H,10-11H2,1-4H3,(H2,20,21,23)/t14-/m1/s1. The highest BCUT2D eigenvalue weighted by Crippen LogP contribution is 2.20. The molecule has 0 aromatic carbocycles. The summed E-state index contributed by atoms with van der Waals surface area (Å²) >= 11 is 0. The number of urea groups is 1. The summed E-state index contributed by atoms with van der Waals surface area (Å²) in [6.45, 7) is 7.30. The molecule has 0 spiro atoms. The van der Waals surface area contributed by atoms with Gasteiger partial charge in [-0.3, -0.25) is 0 Å². The number of ether oxygens (including phenoxy) is 1. The second-order valence-electron chi connectivity index (χ2n) is 6.68. The fraction of sp³-hybridized carbons (Fsp3) is 0.471. The highest BCUT2D eigenvalue weighted by molar-refractivity contribution is 5.74. The Balaban J connectivity index is 1.95. The molecule has 2 aromatic rings. The maximum Gasteiger partial charge on any atom is 0.315 e. The number of carbonyl (C=O) groups excluding carboxylic acids is 1. The molecule has 0 unspecified atom stereocenters. The Hall–Kier alpha value is -2.57.